The van der Waals surface area contributed by atoms with Gasteiger partial charge in [0, 0.05) is 31.6 Å². The Bertz CT molecular complexity index is 662. The van der Waals surface area contributed by atoms with Crippen LogP contribution in [0.4, 0.5) is 4.39 Å². The second-order valence-corrected chi connectivity index (χ2v) is 8.72. The topological polar surface area (TPSA) is 41.6 Å². The molecule has 0 atom stereocenters. The lowest BCUT2D eigenvalue weighted by atomic mass is 9.73. The van der Waals surface area contributed by atoms with E-state index < -0.39 is 5.41 Å². The Labute approximate surface area is 161 Å². The van der Waals surface area contributed by atoms with Gasteiger partial charge in [0.2, 0.25) is 5.91 Å². The summed E-state index contributed by atoms with van der Waals surface area (Å²) in [5, 5.41) is 3.28. The third kappa shape index (κ3) is 4.19. The average Bonchev–Trinajstić information content (AvgIpc) is 3.50. The molecular formula is C22H31FN2O2. The predicted octanol–water partition coefficient (Wildman–Crippen LogP) is 3.26. The van der Waals surface area contributed by atoms with E-state index in [0.29, 0.717) is 0 Å². The van der Waals surface area contributed by atoms with Gasteiger partial charge >= 0.3 is 0 Å². The number of morpholine rings is 1. The zero-order valence-corrected chi connectivity index (χ0v) is 16.1. The lowest BCUT2D eigenvalue weighted by Crippen LogP contribution is -2.50. The van der Waals surface area contributed by atoms with E-state index in [-0.39, 0.29) is 17.1 Å². The Morgan fingerprint density at radius 1 is 1.11 bits per heavy atom. The molecule has 5 heteroatoms. The number of carbonyl (C=O) groups is 1. The molecule has 3 aliphatic rings. The molecule has 1 aromatic rings. The SMILES string of the molecule is O=C(NCC1(CN2CCOCC2)CCCCC1)C1(c2cccc(F)c2)CC1. The average molecular weight is 375 g/mol. The number of amides is 1. The summed E-state index contributed by atoms with van der Waals surface area (Å²) >= 11 is 0. The van der Waals surface area contributed by atoms with E-state index >= 15 is 0 Å². The minimum absolute atomic E-state index is 0.0834. The van der Waals surface area contributed by atoms with E-state index in [2.05, 4.69) is 10.2 Å². The monoisotopic (exact) mass is 374 g/mol. The molecule has 4 rings (SSSR count). The number of rotatable bonds is 6. The van der Waals surface area contributed by atoms with Gasteiger partial charge in [0.05, 0.1) is 18.6 Å². The highest BCUT2D eigenvalue weighted by Gasteiger charge is 2.51. The molecule has 1 N–H and O–H groups in total. The smallest absolute Gasteiger partial charge is 0.230 e. The molecule has 0 spiro atoms. The molecule has 3 fully saturated rings. The van der Waals surface area contributed by atoms with Crippen molar-refractivity contribution < 1.29 is 13.9 Å². The summed E-state index contributed by atoms with van der Waals surface area (Å²) in [4.78, 5) is 15.5. The van der Waals surface area contributed by atoms with E-state index in [4.69, 9.17) is 4.74 Å². The predicted molar refractivity (Wildman–Crippen MR) is 103 cm³/mol. The summed E-state index contributed by atoms with van der Waals surface area (Å²) in [5.41, 5.74) is 0.492. The van der Waals surface area contributed by atoms with E-state index in [1.54, 1.807) is 6.07 Å². The Balaban J connectivity index is 1.42. The van der Waals surface area contributed by atoms with Gasteiger partial charge in [0.25, 0.3) is 0 Å². The first kappa shape index (κ1) is 18.9. The molecule has 1 amide bonds. The number of carbonyl (C=O) groups excluding carboxylic acids is 1. The fourth-order valence-corrected chi connectivity index (χ4v) is 4.92. The van der Waals surface area contributed by atoms with Gasteiger partial charge < -0.3 is 10.1 Å². The van der Waals surface area contributed by atoms with Crippen LogP contribution in [0.3, 0.4) is 0 Å². The van der Waals surface area contributed by atoms with E-state index in [9.17, 15) is 9.18 Å². The molecular weight excluding hydrogens is 343 g/mol. The first-order chi connectivity index (χ1) is 13.1. The summed E-state index contributed by atoms with van der Waals surface area (Å²) in [5.74, 6) is -0.178. The summed E-state index contributed by atoms with van der Waals surface area (Å²) in [6, 6.07) is 6.56. The van der Waals surface area contributed by atoms with Gasteiger partial charge in [-0.05, 0) is 43.4 Å². The summed E-state index contributed by atoms with van der Waals surface area (Å²) < 4.78 is 19.1. The highest BCUT2D eigenvalue weighted by molar-refractivity contribution is 5.91. The number of halogens is 1. The van der Waals surface area contributed by atoms with Crippen molar-refractivity contribution in [2.75, 3.05) is 39.4 Å². The maximum Gasteiger partial charge on any atom is 0.230 e. The molecule has 0 unspecified atom stereocenters. The van der Waals surface area contributed by atoms with E-state index in [1.807, 2.05) is 6.07 Å². The van der Waals surface area contributed by atoms with E-state index in [1.165, 1.54) is 44.2 Å². The third-order valence-electron chi connectivity index (χ3n) is 6.76. The Morgan fingerprint density at radius 2 is 1.85 bits per heavy atom. The molecule has 1 heterocycles. The van der Waals surface area contributed by atoms with Gasteiger partial charge in [0.15, 0.2) is 0 Å². The van der Waals surface area contributed by atoms with Crippen LogP contribution in [0.2, 0.25) is 0 Å². The zero-order valence-electron chi connectivity index (χ0n) is 16.1. The second-order valence-electron chi connectivity index (χ2n) is 8.72. The van der Waals surface area contributed by atoms with Crippen LogP contribution in [0, 0.1) is 11.2 Å². The van der Waals surface area contributed by atoms with Crippen molar-refractivity contribution >= 4 is 5.91 Å². The van der Waals surface area contributed by atoms with Crippen LogP contribution in [0.5, 0.6) is 0 Å². The largest absolute Gasteiger partial charge is 0.379 e. The minimum atomic E-state index is -0.503. The zero-order chi connectivity index (χ0) is 18.7. The van der Waals surface area contributed by atoms with Crippen molar-refractivity contribution in [3.8, 4) is 0 Å². The van der Waals surface area contributed by atoms with Crippen molar-refractivity contribution in [2.24, 2.45) is 5.41 Å². The molecule has 27 heavy (non-hydrogen) atoms. The summed E-state index contributed by atoms with van der Waals surface area (Å²) in [6.45, 7) is 5.38. The number of nitrogens with one attached hydrogen (secondary N) is 1. The molecule has 0 aromatic heterocycles. The highest BCUT2D eigenvalue weighted by Crippen LogP contribution is 2.48. The van der Waals surface area contributed by atoms with Crippen molar-refractivity contribution in [2.45, 2.75) is 50.4 Å². The highest BCUT2D eigenvalue weighted by atomic mass is 19.1. The van der Waals surface area contributed by atoms with Crippen molar-refractivity contribution in [1.82, 2.24) is 10.2 Å². The Hall–Kier alpha value is -1.46. The van der Waals surface area contributed by atoms with Gasteiger partial charge in [-0.15, -0.1) is 0 Å². The Morgan fingerprint density at radius 3 is 2.52 bits per heavy atom. The number of ether oxygens (including phenoxy) is 1. The van der Waals surface area contributed by atoms with Crippen LogP contribution in [0.1, 0.15) is 50.5 Å². The fraction of sp³-hybridized carbons (Fsp3) is 0.682. The van der Waals surface area contributed by atoms with Gasteiger partial charge in [-0.25, -0.2) is 4.39 Å². The van der Waals surface area contributed by atoms with Crippen molar-refractivity contribution in [3.05, 3.63) is 35.6 Å². The lowest BCUT2D eigenvalue weighted by Gasteiger charge is -2.42. The van der Waals surface area contributed by atoms with Crippen LogP contribution in [0.25, 0.3) is 0 Å². The van der Waals surface area contributed by atoms with Gasteiger partial charge in [0.1, 0.15) is 5.82 Å². The number of benzene rings is 1. The molecule has 2 saturated carbocycles. The standard InChI is InChI=1S/C22H31FN2O2/c23-19-6-4-5-18(15-19)22(9-10-22)20(26)24-16-21(7-2-1-3-8-21)17-25-11-13-27-14-12-25/h4-6,15H,1-3,7-14,16-17H2,(H,24,26). The molecule has 148 valence electrons. The quantitative estimate of drug-likeness (QED) is 0.831. The summed E-state index contributed by atoms with van der Waals surface area (Å²) in [6.07, 6.45) is 7.78. The van der Waals surface area contributed by atoms with Gasteiger partial charge in [-0.3, -0.25) is 9.69 Å². The van der Waals surface area contributed by atoms with Crippen LogP contribution in [0.15, 0.2) is 24.3 Å². The maximum atomic E-state index is 13.6. The third-order valence-corrected chi connectivity index (χ3v) is 6.76. The van der Waals surface area contributed by atoms with Gasteiger partial charge in [-0.2, -0.15) is 0 Å². The molecule has 1 aromatic carbocycles. The number of nitrogens with zero attached hydrogens (tertiary/aromatic N) is 1. The normalized spacial score (nSPS) is 24.3. The van der Waals surface area contributed by atoms with Crippen LogP contribution >= 0.6 is 0 Å². The summed E-state index contributed by atoms with van der Waals surface area (Å²) in [7, 11) is 0. The van der Waals surface area contributed by atoms with Crippen molar-refractivity contribution in [3.63, 3.8) is 0 Å². The van der Waals surface area contributed by atoms with Crippen molar-refractivity contribution in [1.29, 1.82) is 0 Å². The van der Waals surface area contributed by atoms with E-state index in [0.717, 1.165) is 57.8 Å². The molecule has 0 bridgehead atoms. The molecule has 4 nitrogen and oxygen atoms in total. The number of hydrogen-bond donors (Lipinski definition) is 1. The Kier molecular flexibility index (Phi) is 5.51. The first-order valence-electron chi connectivity index (χ1n) is 10.5. The minimum Gasteiger partial charge on any atom is -0.379 e. The molecule has 1 saturated heterocycles. The number of hydrogen-bond acceptors (Lipinski definition) is 3. The van der Waals surface area contributed by atoms with Crippen LogP contribution in [-0.2, 0) is 14.9 Å². The van der Waals surface area contributed by atoms with Crippen LogP contribution < -0.4 is 5.32 Å². The van der Waals surface area contributed by atoms with Crippen LogP contribution in [-0.4, -0.2) is 50.2 Å². The second kappa shape index (κ2) is 7.88. The molecule has 0 radical (unpaired) electrons. The lowest BCUT2D eigenvalue weighted by molar-refractivity contribution is -0.124. The van der Waals surface area contributed by atoms with Gasteiger partial charge in [-0.1, -0.05) is 31.4 Å². The fourth-order valence-electron chi connectivity index (χ4n) is 4.92. The first-order valence-corrected chi connectivity index (χ1v) is 10.5. The molecule has 1 aliphatic heterocycles. The molecule has 2 aliphatic carbocycles. The maximum absolute atomic E-state index is 13.6.